The van der Waals surface area contributed by atoms with Crippen LogP contribution in [0, 0.1) is 6.92 Å². The van der Waals surface area contributed by atoms with Crippen LogP contribution in [-0.4, -0.2) is 23.0 Å². The van der Waals surface area contributed by atoms with Gasteiger partial charge in [-0.1, -0.05) is 29.5 Å². The Morgan fingerprint density at radius 1 is 1.00 bits per heavy atom. The van der Waals surface area contributed by atoms with Gasteiger partial charge in [0.1, 0.15) is 5.75 Å². The van der Waals surface area contributed by atoms with Gasteiger partial charge in [0.2, 0.25) is 0 Å². The summed E-state index contributed by atoms with van der Waals surface area (Å²) in [5.41, 5.74) is 3.20. The minimum Gasteiger partial charge on any atom is -0.497 e. The van der Waals surface area contributed by atoms with E-state index in [9.17, 15) is 4.79 Å². The Morgan fingerprint density at radius 2 is 1.73 bits per heavy atom. The van der Waals surface area contributed by atoms with Crippen molar-refractivity contribution in [2.75, 3.05) is 17.7 Å². The molecule has 0 fully saturated rings. The van der Waals surface area contributed by atoms with Crippen LogP contribution in [0.25, 0.3) is 10.6 Å². The molecule has 2 N–H and O–H groups in total. The molecule has 0 aliphatic heterocycles. The first-order valence-corrected chi connectivity index (χ1v) is 10.5. The largest absolute Gasteiger partial charge is 0.497 e. The standard InChI is InChI=1S/C21H18N4O2S2.BrH/c1-13-18(29-21(22-13)25-19(26)14-6-4-3-5-7-14)17-12-28-20(24-17)23-15-8-10-16(27-2)11-9-15;/h3-12H,1-2H3,(H,23,24)(H,22,25,26);1H. The second kappa shape index (κ2) is 9.84. The predicted octanol–water partition coefficient (Wildman–Crippen LogP) is 6.16. The maximum atomic E-state index is 12.3. The second-order valence-electron chi connectivity index (χ2n) is 6.15. The predicted molar refractivity (Wildman–Crippen MR) is 129 cm³/mol. The molecule has 0 saturated carbocycles. The first kappa shape index (κ1) is 21.9. The van der Waals surface area contributed by atoms with Gasteiger partial charge in [-0.15, -0.1) is 28.3 Å². The van der Waals surface area contributed by atoms with Crippen molar-refractivity contribution in [1.29, 1.82) is 0 Å². The number of amides is 1. The van der Waals surface area contributed by atoms with E-state index in [2.05, 4.69) is 20.6 Å². The van der Waals surface area contributed by atoms with Gasteiger partial charge in [-0.3, -0.25) is 10.1 Å². The summed E-state index contributed by atoms with van der Waals surface area (Å²) in [5.74, 6) is 0.631. The Balaban J connectivity index is 0.00000256. The number of thiazole rings is 2. The molecule has 0 unspecified atom stereocenters. The molecule has 1 amide bonds. The first-order valence-electron chi connectivity index (χ1n) is 8.83. The van der Waals surface area contributed by atoms with Crippen molar-refractivity contribution in [2.24, 2.45) is 0 Å². The zero-order chi connectivity index (χ0) is 20.2. The smallest absolute Gasteiger partial charge is 0.257 e. The number of hydrogen-bond donors (Lipinski definition) is 2. The summed E-state index contributed by atoms with van der Waals surface area (Å²) in [5, 5.41) is 9.48. The Bertz CT molecular complexity index is 1130. The molecule has 4 rings (SSSR count). The van der Waals surface area contributed by atoms with E-state index in [-0.39, 0.29) is 22.9 Å². The molecule has 154 valence electrons. The van der Waals surface area contributed by atoms with Crippen LogP contribution in [0.4, 0.5) is 16.0 Å². The third-order valence-corrected chi connectivity index (χ3v) is 5.98. The molecule has 9 heteroatoms. The Hall–Kier alpha value is -2.75. The maximum Gasteiger partial charge on any atom is 0.257 e. The van der Waals surface area contributed by atoms with Crippen molar-refractivity contribution in [3.05, 3.63) is 71.2 Å². The van der Waals surface area contributed by atoms with E-state index < -0.39 is 0 Å². The molecule has 0 aliphatic carbocycles. The number of ether oxygens (including phenoxy) is 1. The number of halogens is 1. The number of hydrogen-bond acceptors (Lipinski definition) is 7. The third kappa shape index (κ3) is 5.05. The van der Waals surface area contributed by atoms with E-state index >= 15 is 0 Å². The zero-order valence-electron chi connectivity index (χ0n) is 16.2. The van der Waals surface area contributed by atoms with Crippen LogP contribution in [0.2, 0.25) is 0 Å². The van der Waals surface area contributed by atoms with Crippen molar-refractivity contribution in [2.45, 2.75) is 6.92 Å². The number of benzene rings is 2. The van der Waals surface area contributed by atoms with Gasteiger partial charge < -0.3 is 10.1 Å². The highest BCUT2D eigenvalue weighted by atomic mass is 79.9. The molecule has 0 radical (unpaired) electrons. The van der Waals surface area contributed by atoms with Gasteiger partial charge in [0.15, 0.2) is 10.3 Å². The zero-order valence-corrected chi connectivity index (χ0v) is 19.6. The third-order valence-electron chi connectivity index (χ3n) is 4.13. The number of rotatable bonds is 6. The summed E-state index contributed by atoms with van der Waals surface area (Å²) in [7, 11) is 1.64. The molecular formula is C21H19BrN4O2S2. The summed E-state index contributed by atoms with van der Waals surface area (Å²) in [6.07, 6.45) is 0. The monoisotopic (exact) mass is 502 g/mol. The highest BCUT2D eigenvalue weighted by molar-refractivity contribution is 8.93. The second-order valence-corrected chi connectivity index (χ2v) is 8.00. The molecule has 2 heterocycles. The van der Waals surface area contributed by atoms with E-state index in [0.717, 1.165) is 32.8 Å². The Morgan fingerprint density at radius 3 is 2.43 bits per heavy atom. The van der Waals surface area contributed by atoms with E-state index in [1.54, 1.807) is 19.2 Å². The fourth-order valence-electron chi connectivity index (χ4n) is 2.68. The minimum absolute atomic E-state index is 0. The lowest BCUT2D eigenvalue weighted by atomic mass is 10.2. The molecule has 2 aromatic heterocycles. The fraction of sp³-hybridized carbons (Fsp3) is 0.0952. The molecule has 0 spiro atoms. The SMILES string of the molecule is Br.COc1ccc(Nc2nc(-c3sc(NC(=O)c4ccccc4)nc3C)cs2)cc1. The lowest BCUT2D eigenvalue weighted by molar-refractivity contribution is 0.102. The van der Waals surface area contributed by atoms with Gasteiger partial charge in [-0.2, -0.15) is 0 Å². The molecule has 0 aliphatic rings. The van der Waals surface area contributed by atoms with Gasteiger partial charge in [0.05, 0.1) is 23.4 Å². The first-order chi connectivity index (χ1) is 14.1. The summed E-state index contributed by atoms with van der Waals surface area (Å²) in [6, 6.07) is 16.8. The van der Waals surface area contributed by atoms with Gasteiger partial charge >= 0.3 is 0 Å². The minimum atomic E-state index is -0.175. The molecule has 0 bridgehead atoms. The Kier molecular flexibility index (Phi) is 7.20. The lowest BCUT2D eigenvalue weighted by Crippen LogP contribution is -2.11. The molecule has 2 aromatic carbocycles. The summed E-state index contributed by atoms with van der Waals surface area (Å²) in [4.78, 5) is 22.4. The van der Waals surface area contributed by atoms with E-state index in [4.69, 9.17) is 4.74 Å². The number of aryl methyl sites for hydroxylation is 1. The lowest BCUT2D eigenvalue weighted by Gasteiger charge is -2.03. The van der Waals surface area contributed by atoms with E-state index in [0.29, 0.717) is 10.7 Å². The molecule has 30 heavy (non-hydrogen) atoms. The van der Waals surface area contributed by atoms with Crippen molar-refractivity contribution in [1.82, 2.24) is 9.97 Å². The fourth-order valence-corrected chi connectivity index (χ4v) is 4.40. The summed E-state index contributed by atoms with van der Waals surface area (Å²) >= 11 is 2.93. The van der Waals surface area contributed by atoms with Crippen LogP contribution in [0.15, 0.2) is 60.0 Å². The van der Waals surface area contributed by atoms with E-state index in [1.807, 2.05) is 54.8 Å². The Labute approximate surface area is 192 Å². The van der Waals surface area contributed by atoms with E-state index in [1.165, 1.54) is 22.7 Å². The number of carbonyl (C=O) groups is 1. The van der Waals surface area contributed by atoms with Crippen LogP contribution >= 0.6 is 39.7 Å². The van der Waals surface area contributed by atoms with Gasteiger partial charge in [0, 0.05) is 16.6 Å². The van der Waals surface area contributed by atoms with Crippen molar-refractivity contribution >= 4 is 61.5 Å². The van der Waals surface area contributed by atoms with Crippen LogP contribution in [0.1, 0.15) is 16.1 Å². The van der Waals surface area contributed by atoms with Crippen LogP contribution in [0.3, 0.4) is 0 Å². The van der Waals surface area contributed by atoms with Crippen molar-refractivity contribution in [3.8, 4) is 16.3 Å². The van der Waals surface area contributed by atoms with Crippen LogP contribution in [0.5, 0.6) is 5.75 Å². The number of anilines is 3. The van der Waals surface area contributed by atoms with Crippen LogP contribution < -0.4 is 15.4 Å². The van der Waals surface area contributed by atoms with Gasteiger partial charge in [-0.05, 0) is 43.3 Å². The number of nitrogens with zero attached hydrogens (tertiary/aromatic N) is 2. The molecule has 6 nitrogen and oxygen atoms in total. The summed E-state index contributed by atoms with van der Waals surface area (Å²) < 4.78 is 5.18. The molecule has 0 saturated heterocycles. The molecular weight excluding hydrogens is 484 g/mol. The quantitative estimate of drug-likeness (QED) is 0.330. The number of carbonyl (C=O) groups excluding carboxylic acids is 1. The van der Waals surface area contributed by atoms with Gasteiger partial charge in [-0.25, -0.2) is 9.97 Å². The maximum absolute atomic E-state index is 12.3. The topological polar surface area (TPSA) is 76.1 Å². The molecule has 4 aromatic rings. The number of nitrogens with one attached hydrogen (secondary N) is 2. The highest BCUT2D eigenvalue weighted by Crippen LogP contribution is 2.35. The number of methoxy groups -OCH3 is 1. The number of aromatic nitrogens is 2. The highest BCUT2D eigenvalue weighted by Gasteiger charge is 2.15. The van der Waals surface area contributed by atoms with Gasteiger partial charge in [0.25, 0.3) is 5.91 Å². The summed E-state index contributed by atoms with van der Waals surface area (Å²) in [6.45, 7) is 1.92. The average Bonchev–Trinajstić information content (AvgIpc) is 3.35. The normalized spacial score (nSPS) is 10.2. The van der Waals surface area contributed by atoms with Crippen LogP contribution in [-0.2, 0) is 0 Å². The van der Waals surface area contributed by atoms with Crippen molar-refractivity contribution in [3.63, 3.8) is 0 Å². The average molecular weight is 503 g/mol. The van der Waals surface area contributed by atoms with Crippen molar-refractivity contribution < 1.29 is 9.53 Å². The molecule has 0 atom stereocenters.